The Kier molecular flexibility index (Phi) is 7.65. The van der Waals surface area contributed by atoms with Gasteiger partial charge in [0.25, 0.3) is 0 Å². The van der Waals surface area contributed by atoms with Gasteiger partial charge in [-0.05, 0) is 0 Å². The predicted octanol–water partition coefficient (Wildman–Crippen LogP) is 1.64. The van der Waals surface area contributed by atoms with Crippen LogP contribution in [0.4, 0.5) is 0 Å². The molecule has 0 aromatic carbocycles. The Labute approximate surface area is 70.2 Å². The average Bonchev–Trinajstić information content (AvgIpc) is 1.69. The number of nitrogens with zero attached hydrogens (tertiary/aromatic N) is 1. The van der Waals surface area contributed by atoms with Crippen LogP contribution in [-0.4, -0.2) is 4.98 Å². The van der Waals surface area contributed by atoms with Crippen LogP contribution in [0.2, 0.25) is 0 Å². The van der Waals surface area contributed by atoms with Gasteiger partial charge in [0, 0.05) is 20.4 Å². The average molecular weight is 293 g/mol. The fraction of sp³-hybridized carbons (Fsp3) is 0.143. The van der Waals surface area contributed by atoms with E-state index in [1.165, 1.54) is 0 Å². The maximum atomic E-state index is 3.76. The SMILES string of the molecule is Cc1[c-]nccc1.[CH3-].[Re]. The molecule has 0 atom stereocenters. The molecular weight excluding hydrogens is 284 g/mol. The van der Waals surface area contributed by atoms with E-state index < -0.39 is 0 Å². The number of rotatable bonds is 0. The first-order chi connectivity index (χ1) is 3.39. The van der Waals surface area contributed by atoms with Crippen molar-refractivity contribution >= 4 is 0 Å². The molecule has 1 rings (SSSR count). The third-order valence-corrected chi connectivity index (χ3v) is 0.748. The van der Waals surface area contributed by atoms with Gasteiger partial charge in [0.2, 0.25) is 0 Å². The molecule has 0 saturated heterocycles. The minimum absolute atomic E-state index is 0. The Hall–Kier alpha value is -0.188. The van der Waals surface area contributed by atoms with Gasteiger partial charge in [0.15, 0.2) is 0 Å². The summed E-state index contributed by atoms with van der Waals surface area (Å²) in [6, 6.07) is 3.86. The molecule has 1 nitrogen and oxygen atoms in total. The van der Waals surface area contributed by atoms with Crippen molar-refractivity contribution in [1.82, 2.24) is 4.98 Å². The van der Waals surface area contributed by atoms with E-state index in [-0.39, 0.29) is 27.8 Å². The molecule has 9 heavy (non-hydrogen) atoms. The first kappa shape index (κ1) is 11.6. The summed E-state index contributed by atoms with van der Waals surface area (Å²) in [4.78, 5) is 3.76. The maximum Gasteiger partial charge on any atom is 0 e. The molecule has 0 aliphatic carbocycles. The van der Waals surface area contributed by atoms with Gasteiger partial charge >= 0.3 is 0 Å². The van der Waals surface area contributed by atoms with Crippen LogP contribution in [0.3, 0.4) is 0 Å². The number of hydrogen-bond donors (Lipinski definition) is 0. The molecule has 0 amide bonds. The Balaban J connectivity index is 0. The van der Waals surface area contributed by atoms with Crippen molar-refractivity contribution in [3.05, 3.63) is 37.5 Å². The summed E-state index contributed by atoms with van der Waals surface area (Å²) in [7, 11) is 0. The smallest absolute Gasteiger partial charge is 0 e. The monoisotopic (exact) mass is 294 g/mol. The molecule has 0 saturated carbocycles. The molecule has 0 unspecified atom stereocenters. The van der Waals surface area contributed by atoms with Crippen molar-refractivity contribution in [3.8, 4) is 0 Å². The van der Waals surface area contributed by atoms with Crippen molar-refractivity contribution in [2.75, 3.05) is 0 Å². The third-order valence-electron chi connectivity index (χ3n) is 0.748. The van der Waals surface area contributed by atoms with Crippen LogP contribution in [0, 0.1) is 20.5 Å². The standard InChI is InChI=1S/C6H6N.CH3.Re/c1-6-3-2-4-7-5-6;;/h2-4H,1H3;1H3;/q2*-1;. The van der Waals surface area contributed by atoms with Crippen LogP contribution in [0.1, 0.15) is 5.56 Å². The molecule has 51 valence electrons. The van der Waals surface area contributed by atoms with Crippen LogP contribution in [0.5, 0.6) is 0 Å². The molecule has 1 heterocycles. The van der Waals surface area contributed by atoms with E-state index >= 15 is 0 Å². The Morgan fingerprint density at radius 1 is 1.56 bits per heavy atom. The molecule has 0 aliphatic heterocycles. The zero-order valence-corrected chi connectivity index (χ0v) is 8.27. The van der Waals surface area contributed by atoms with E-state index in [1.54, 1.807) is 6.20 Å². The first-order valence-corrected chi connectivity index (χ1v) is 2.19. The second-order valence-electron chi connectivity index (χ2n) is 1.43. The fourth-order valence-corrected chi connectivity index (χ4v) is 0.407. The molecule has 0 fully saturated rings. The van der Waals surface area contributed by atoms with Crippen LogP contribution in [-0.2, 0) is 20.4 Å². The summed E-state index contributed by atoms with van der Waals surface area (Å²) in [6.45, 7) is 1.97. The van der Waals surface area contributed by atoms with Gasteiger partial charge in [-0.1, -0.05) is 19.3 Å². The van der Waals surface area contributed by atoms with Crippen molar-refractivity contribution in [2.24, 2.45) is 0 Å². The third kappa shape index (κ3) is 4.32. The van der Waals surface area contributed by atoms with Crippen LogP contribution in [0.25, 0.3) is 0 Å². The molecule has 0 bridgehead atoms. The maximum absolute atomic E-state index is 3.76. The summed E-state index contributed by atoms with van der Waals surface area (Å²) in [5.41, 5.74) is 1.09. The molecule has 1 aromatic heterocycles. The van der Waals surface area contributed by atoms with Crippen LogP contribution >= 0.6 is 0 Å². The second kappa shape index (κ2) is 5.94. The zero-order valence-electron chi connectivity index (χ0n) is 5.56. The van der Waals surface area contributed by atoms with E-state index in [4.69, 9.17) is 0 Å². The van der Waals surface area contributed by atoms with E-state index in [2.05, 4.69) is 11.2 Å². The molecular formula is C7H9NRe-2. The van der Waals surface area contributed by atoms with Crippen molar-refractivity contribution in [1.29, 1.82) is 0 Å². The van der Waals surface area contributed by atoms with Gasteiger partial charge in [0.1, 0.15) is 0 Å². The van der Waals surface area contributed by atoms with E-state index in [1.807, 2.05) is 19.1 Å². The Morgan fingerprint density at radius 2 is 2.22 bits per heavy atom. The molecule has 2 heteroatoms. The van der Waals surface area contributed by atoms with E-state index in [0.29, 0.717) is 0 Å². The summed E-state index contributed by atoms with van der Waals surface area (Å²) in [5.74, 6) is 0. The molecule has 0 N–H and O–H groups in total. The van der Waals surface area contributed by atoms with Crippen molar-refractivity contribution in [3.63, 3.8) is 0 Å². The molecule has 0 spiro atoms. The van der Waals surface area contributed by atoms with Crippen LogP contribution in [0.15, 0.2) is 18.3 Å². The van der Waals surface area contributed by atoms with Gasteiger partial charge in [-0.3, -0.25) is 0 Å². The topological polar surface area (TPSA) is 12.9 Å². The quantitative estimate of drug-likeness (QED) is 0.663. The van der Waals surface area contributed by atoms with Gasteiger partial charge < -0.3 is 12.4 Å². The van der Waals surface area contributed by atoms with Crippen molar-refractivity contribution in [2.45, 2.75) is 6.92 Å². The summed E-state index contributed by atoms with van der Waals surface area (Å²) >= 11 is 0. The summed E-state index contributed by atoms with van der Waals surface area (Å²) in [6.07, 6.45) is 4.50. The zero-order chi connectivity index (χ0) is 5.11. The number of aryl methyl sites for hydroxylation is 1. The summed E-state index contributed by atoms with van der Waals surface area (Å²) < 4.78 is 0. The molecule has 1 radical (unpaired) electrons. The molecule has 1 aromatic rings. The van der Waals surface area contributed by atoms with Gasteiger partial charge in [-0.25, -0.2) is 0 Å². The molecule has 0 aliphatic rings. The number of aromatic nitrogens is 1. The first-order valence-electron chi connectivity index (χ1n) is 2.19. The van der Waals surface area contributed by atoms with Crippen LogP contribution < -0.4 is 0 Å². The normalized spacial score (nSPS) is 6.78. The van der Waals surface area contributed by atoms with Gasteiger partial charge in [0.05, 0.1) is 0 Å². The van der Waals surface area contributed by atoms with E-state index in [9.17, 15) is 0 Å². The van der Waals surface area contributed by atoms with Gasteiger partial charge in [-0.2, -0.15) is 12.1 Å². The fourth-order valence-electron chi connectivity index (χ4n) is 0.407. The minimum Gasteiger partial charge on any atom is -0.394 e. The Bertz CT molecular complexity index is 139. The Morgan fingerprint density at radius 3 is 2.44 bits per heavy atom. The number of hydrogen-bond acceptors (Lipinski definition) is 1. The summed E-state index contributed by atoms with van der Waals surface area (Å²) in [5, 5.41) is 0. The van der Waals surface area contributed by atoms with Gasteiger partial charge in [-0.15, -0.1) is 5.56 Å². The van der Waals surface area contributed by atoms with Crippen molar-refractivity contribution < 1.29 is 20.4 Å². The predicted molar refractivity (Wildman–Crippen MR) is 34.2 cm³/mol. The number of pyridine rings is 1. The van der Waals surface area contributed by atoms with E-state index in [0.717, 1.165) is 5.56 Å². The second-order valence-corrected chi connectivity index (χ2v) is 1.43. The largest absolute Gasteiger partial charge is 0.394 e. The minimum atomic E-state index is 0.